The number of aromatic hydroxyl groups is 1. The Morgan fingerprint density at radius 1 is 1.44 bits per heavy atom. The first kappa shape index (κ1) is 6.62. The molecule has 0 aromatic heterocycles. The van der Waals surface area contributed by atoms with Gasteiger partial charge in [0.25, 0.3) is 0 Å². The molecule has 1 radical (unpaired) electrons. The maximum absolute atomic E-state index is 9.01. The summed E-state index contributed by atoms with van der Waals surface area (Å²) in [6.07, 6.45) is 0. The Morgan fingerprint density at radius 3 is 2.56 bits per heavy atom. The molecule has 9 heavy (non-hydrogen) atoms. The number of rotatable bonds is 0. The van der Waals surface area contributed by atoms with E-state index in [0.29, 0.717) is 5.56 Å². The predicted octanol–water partition coefficient (Wildman–Crippen LogP) is 2.34. The molecule has 0 saturated carbocycles. The van der Waals surface area contributed by atoms with E-state index in [-0.39, 0.29) is 5.75 Å². The summed E-state index contributed by atoms with van der Waals surface area (Å²) in [5.41, 5.74) is 0.637. The van der Waals surface area contributed by atoms with Crippen LogP contribution in [0.2, 0.25) is 0 Å². The monoisotopic (exact) mass is 185 g/mol. The maximum atomic E-state index is 9.01. The molecule has 1 N–H and O–H groups in total. The predicted molar refractivity (Wildman–Crippen MR) is 40.3 cm³/mol. The highest BCUT2D eigenvalue weighted by molar-refractivity contribution is 9.10. The highest BCUT2D eigenvalue weighted by Gasteiger charge is 1.96. The van der Waals surface area contributed by atoms with Gasteiger partial charge in [-0.2, -0.15) is 0 Å². The van der Waals surface area contributed by atoms with Crippen LogP contribution >= 0.6 is 15.9 Å². The van der Waals surface area contributed by atoms with Crippen LogP contribution in [0, 0.1) is 6.92 Å². The lowest BCUT2D eigenvalue weighted by molar-refractivity contribution is 0.472. The first-order valence-electron chi connectivity index (χ1n) is 2.51. The molecule has 0 saturated heterocycles. The maximum Gasteiger partial charge on any atom is 0.119 e. The number of hydrogen-bond acceptors (Lipinski definition) is 1. The third kappa shape index (κ3) is 1.24. The van der Waals surface area contributed by atoms with Gasteiger partial charge >= 0.3 is 0 Å². The molecule has 0 bridgehead atoms. The van der Waals surface area contributed by atoms with Crippen molar-refractivity contribution in [2.45, 2.75) is 0 Å². The fourth-order valence-electron chi connectivity index (χ4n) is 0.547. The molecular formula is C7H6BrO. The minimum atomic E-state index is 0.226. The quantitative estimate of drug-likeness (QED) is 0.659. The van der Waals surface area contributed by atoms with E-state index < -0.39 is 0 Å². The van der Waals surface area contributed by atoms with Gasteiger partial charge in [-0.15, -0.1) is 0 Å². The summed E-state index contributed by atoms with van der Waals surface area (Å²) in [7, 11) is 0. The van der Waals surface area contributed by atoms with Crippen molar-refractivity contribution in [3.8, 4) is 5.75 Å². The highest BCUT2D eigenvalue weighted by Crippen LogP contribution is 2.23. The lowest BCUT2D eigenvalue weighted by Crippen LogP contribution is -1.74. The molecule has 0 aliphatic rings. The summed E-state index contributed by atoms with van der Waals surface area (Å²) in [5.74, 6) is 0.226. The van der Waals surface area contributed by atoms with Crippen molar-refractivity contribution in [1.29, 1.82) is 0 Å². The fourth-order valence-corrected chi connectivity index (χ4v) is 0.903. The molecule has 47 valence electrons. The van der Waals surface area contributed by atoms with Crippen LogP contribution in [0.3, 0.4) is 0 Å². The van der Waals surface area contributed by atoms with E-state index in [0.717, 1.165) is 4.47 Å². The van der Waals surface area contributed by atoms with Gasteiger partial charge in [0.1, 0.15) is 5.75 Å². The first-order valence-corrected chi connectivity index (χ1v) is 3.30. The van der Waals surface area contributed by atoms with Gasteiger partial charge in [0, 0.05) is 10.0 Å². The minimum absolute atomic E-state index is 0.226. The zero-order valence-corrected chi connectivity index (χ0v) is 6.35. The van der Waals surface area contributed by atoms with E-state index in [2.05, 4.69) is 22.9 Å². The molecule has 0 aliphatic carbocycles. The van der Waals surface area contributed by atoms with Crippen LogP contribution in [-0.4, -0.2) is 5.11 Å². The van der Waals surface area contributed by atoms with E-state index in [4.69, 9.17) is 5.11 Å². The molecule has 0 unspecified atom stereocenters. The van der Waals surface area contributed by atoms with Crippen LogP contribution in [0.25, 0.3) is 0 Å². The van der Waals surface area contributed by atoms with E-state index in [1.54, 1.807) is 12.1 Å². The van der Waals surface area contributed by atoms with Crippen molar-refractivity contribution in [3.63, 3.8) is 0 Å². The molecule has 0 aliphatic heterocycles. The summed E-state index contributed by atoms with van der Waals surface area (Å²) in [6.45, 7) is 3.62. The van der Waals surface area contributed by atoms with Crippen molar-refractivity contribution in [1.82, 2.24) is 0 Å². The molecule has 0 fully saturated rings. The van der Waals surface area contributed by atoms with Crippen LogP contribution < -0.4 is 0 Å². The van der Waals surface area contributed by atoms with Crippen LogP contribution in [-0.2, 0) is 0 Å². The summed E-state index contributed by atoms with van der Waals surface area (Å²) < 4.78 is 0.836. The number of benzene rings is 1. The average Bonchev–Trinajstić information content (AvgIpc) is 1.83. The Bertz CT molecular complexity index is 200. The summed E-state index contributed by atoms with van der Waals surface area (Å²) in [4.78, 5) is 0. The van der Waals surface area contributed by atoms with E-state index in [1.165, 1.54) is 0 Å². The van der Waals surface area contributed by atoms with Crippen molar-refractivity contribution in [2.75, 3.05) is 0 Å². The molecule has 1 rings (SSSR count). The van der Waals surface area contributed by atoms with Gasteiger partial charge in [-0.05, 0) is 19.1 Å². The topological polar surface area (TPSA) is 20.2 Å². The van der Waals surface area contributed by atoms with Gasteiger partial charge in [0.15, 0.2) is 0 Å². The normalized spacial score (nSPS) is 9.56. The standard InChI is InChI=1S/C7H6BrO/c1-5-6(8)3-2-4-7(5)9/h2-4,9H,1H2. The fraction of sp³-hybridized carbons (Fsp3) is 0. The summed E-state index contributed by atoms with van der Waals surface area (Å²) in [5, 5.41) is 9.01. The Kier molecular flexibility index (Phi) is 1.76. The minimum Gasteiger partial charge on any atom is -0.508 e. The molecule has 0 amide bonds. The second kappa shape index (κ2) is 2.40. The zero-order valence-electron chi connectivity index (χ0n) is 4.76. The molecule has 1 aromatic rings. The smallest absolute Gasteiger partial charge is 0.119 e. The molecule has 0 atom stereocenters. The average molecular weight is 186 g/mol. The number of hydrogen-bond donors (Lipinski definition) is 1. The molecule has 1 aromatic carbocycles. The highest BCUT2D eigenvalue weighted by atomic mass is 79.9. The van der Waals surface area contributed by atoms with Crippen molar-refractivity contribution >= 4 is 15.9 Å². The third-order valence-corrected chi connectivity index (χ3v) is 1.84. The Labute approximate surface area is 62.5 Å². The summed E-state index contributed by atoms with van der Waals surface area (Å²) in [6, 6.07) is 5.20. The van der Waals surface area contributed by atoms with Gasteiger partial charge < -0.3 is 5.11 Å². The lowest BCUT2D eigenvalue weighted by atomic mass is 10.2. The number of phenols is 1. The largest absolute Gasteiger partial charge is 0.508 e. The first-order chi connectivity index (χ1) is 4.22. The summed E-state index contributed by atoms with van der Waals surface area (Å²) >= 11 is 3.22. The van der Waals surface area contributed by atoms with Crippen LogP contribution in [0.15, 0.2) is 22.7 Å². The molecule has 0 spiro atoms. The van der Waals surface area contributed by atoms with E-state index in [9.17, 15) is 0 Å². The Hall–Kier alpha value is -0.500. The third-order valence-electron chi connectivity index (χ3n) is 1.09. The van der Waals surface area contributed by atoms with Gasteiger partial charge in [-0.25, -0.2) is 0 Å². The second-order valence-corrected chi connectivity index (χ2v) is 2.59. The Morgan fingerprint density at radius 2 is 2.11 bits per heavy atom. The van der Waals surface area contributed by atoms with Crippen molar-refractivity contribution in [3.05, 3.63) is 35.2 Å². The van der Waals surface area contributed by atoms with Crippen molar-refractivity contribution in [2.24, 2.45) is 0 Å². The van der Waals surface area contributed by atoms with E-state index >= 15 is 0 Å². The second-order valence-electron chi connectivity index (χ2n) is 1.74. The lowest BCUT2D eigenvalue weighted by Gasteiger charge is -1.97. The van der Waals surface area contributed by atoms with E-state index in [1.807, 2.05) is 6.07 Å². The number of phenolic OH excluding ortho intramolecular Hbond substituents is 1. The molecule has 1 nitrogen and oxygen atoms in total. The van der Waals surface area contributed by atoms with Gasteiger partial charge in [0.2, 0.25) is 0 Å². The Balaban J connectivity index is 3.25. The van der Waals surface area contributed by atoms with Crippen LogP contribution in [0.4, 0.5) is 0 Å². The zero-order chi connectivity index (χ0) is 6.85. The molecule has 2 heteroatoms. The van der Waals surface area contributed by atoms with Gasteiger partial charge in [0.05, 0.1) is 0 Å². The SMILES string of the molecule is [CH2]c1c(O)cccc1Br. The van der Waals surface area contributed by atoms with Crippen molar-refractivity contribution < 1.29 is 5.11 Å². The molecule has 0 heterocycles. The van der Waals surface area contributed by atoms with Gasteiger partial charge in [-0.3, -0.25) is 0 Å². The molecular weight excluding hydrogens is 180 g/mol. The number of halogens is 1. The van der Waals surface area contributed by atoms with Gasteiger partial charge in [-0.1, -0.05) is 22.0 Å². The van der Waals surface area contributed by atoms with Crippen LogP contribution in [0.1, 0.15) is 5.56 Å². The van der Waals surface area contributed by atoms with Crippen LogP contribution in [0.5, 0.6) is 5.75 Å².